The molecule has 0 aromatic heterocycles. The Bertz CT molecular complexity index is 161. The van der Waals surface area contributed by atoms with E-state index in [-0.39, 0.29) is 0 Å². The molecule has 2 unspecified atom stereocenters. The van der Waals surface area contributed by atoms with Gasteiger partial charge >= 0.3 is 0 Å². The van der Waals surface area contributed by atoms with Crippen molar-refractivity contribution in [1.29, 1.82) is 0 Å². The highest BCUT2D eigenvalue weighted by molar-refractivity contribution is 4.81. The maximum absolute atomic E-state index is 5.59. The minimum atomic E-state index is 0.668. The molecule has 0 spiro atoms. The summed E-state index contributed by atoms with van der Waals surface area (Å²) in [6.45, 7) is 12.3. The largest absolute Gasteiger partial charge is 0.329 e. The van der Waals surface area contributed by atoms with Gasteiger partial charge in [0.2, 0.25) is 0 Å². The van der Waals surface area contributed by atoms with E-state index in [9.17, 15) is 0 Å². The lowest BCUT2D eigenvalue weighted by Crippen LogP contribution is -2.55. The average molecular weight is 199 g/mol. The summed E-state index contributed by atoms with van der Waals surface area (Å²) in [5, 5.41) is 0. The van der Waals surface area contributed by atoms with Gasteiger partial charge in [-0.25, -0.2) is 0 Å². The summed E-state index contributed by atoms with van der Waals surface area (Å²) in [5.74, 6) is 0. The lowest BCUT2D eigenvalue weighted by molar-refractivity contribution is 0.0611. The summed E-state index contributed by atoms with van der Waals surface area (Å²) >= 11 is 0. The summed E-state index contributed by atoms with van der Waals surface area (Å²) in [7, 11) is 0. The van der Waals surface area contributed by atoms with E-state index >= 15 is 0 Å². The van der Waals surface area contributed by atoms with Crippen LogP contribution in [0.3, 0.4) is 0 Å². The molecule has 0 amide bonds. The van der Waals surface area contributed by atoms with Crippen molar-refractivity contribution in [2.24, 2.45) is 5.73 Å². The van der Waals surface area contributed by atoms with Crippen LogP contribution in [-0.4, -0.2) is 54.6 Å². The maximum atomic E-state index is 5.59. The molecule has 0 saturated carbocycles. The molecular weight excluding hydrogens is 174 g/mol. The summed E-state index contributed by atoms with van der Waals surface area (Å²) in [4.78, 5) is 5.09. The number of piperazine rings is 1. The van der Waals surface area contributed by atoms with Gasteiger partial charge in [-0.05, 0) is 20.3 Å². The molecule has 14 heavy (non-hydrogen) atoms. The zero-order valence-electron chi connectivity index (χ0n) is 9.87. The zero-order valence-corrected chi connectivity index (χ0v) is 9.87. The van der Waals surface area contributed by atoms with Crippen LogP contribution in [0.25, 0.3) is 0 Å². The first-order valence-corrected chi connectivity index (χ1v) is 5.87. The van der Waals surface area contributed by atoms with Gasteiger partial charge in [0.25, 0.3) is 0 Å². The van der Waals surface area contributed by atoms with Crippen LogP contribution in [0.5, 0.6) is 0 Å². The first-order chi connectivity index (χ1) is 6.69. The van der Waals surface area contributed by atoms with Crippen LogP contribution >= 0.6 is 0 Å². The molecular formula is C11H25N3. The van der Waals surface area contributed by atoms with Crippen LogP contribution in [-0.2, 0) is 0 Å². The van der Waals surface area contributed by atoms with Crippen molar-refractivity contribution in [2.75, 3.05) is 32.7 Å². The van der Waals surface area contributed by atoms with Gasteiger partial charge in [-0.3, -0.25) is 9.80 Å². The molecule has 0 aromatic rings. The smallest absolute Gasteiger partial charge is 0.0196 e. The highest BCUT2D eigenvalue weighted by Gasteiger charge is 2.24. The average Bonchev–Trinajstić information content (AvgIpc) is 2.20. The highest BCUT2D eigenvalue weighted by Crippen LogP contribution is 2.13. The van der Waals surface area contributed by atoms with Gasteiger partial charge in [0, 0.05) is 44.8 Å². The standard InChI is InChI=1S/C11H25N3/c1-4-10(2)14-8-7-13(6-5-12)11(3)9-14/h10-11H,4-9,12H2,1-3H3. The van der Waals surface area contributed by atoms with E-state index in [0.29, 0.717) is 6.04 Å². The number of nitrogens with zero attached hydrogens (tertiary/aromatic N) is 2. The van der Waals surface area contributed by atoms with Crippen molar-refractivity contribution < 1.29 is 0 Å². The quantitative estimate of drug-likeness (QED) is 0.725. The summed E-state index contributed by atoms with van der Waals surface area (Å²) < 4.78 is 0. The third-order valence-electron chi connectivity index (χ3n) is 3.43. The Labute approximate surface area is 88.2 Å². The first kappa shape index (κ1) is 12.0. The fraction of sp³-hybridized carbons (Fsp3) is 1.00. The molecule has 3 heteroatoms. The molecule has 2 N–H and O–H groups in total. The van der Waals surface area contributed by atoms with Gasteiger partial charge in [-0.2, -0.15) is 0 Å². The molecule has 0 aliphatic carbocycles. The molecule has 0 bridgehead atoms. The van der Waals surface area contributed by atoms with Gasteiger partial charge in [0.15, 0.2) is 0 Å². The van der Waals surface area contributed by atoms with E-state index in [1.54, 1.807) is 0 Å². The Morgan fingerprint density at radius 3 is 2.64 bits per heavy atom. The molecule has 0 radical (unpaired) electrons. The topological polar surface area (TPSA) is 32.5 Å². The monoisotopic (exact) mass is 199 g/mol. The Balaban J connectivity index is 2.38. The molecule has 84 valence electrons. The predicted octanol–water partition coefficient (Wildman–Crippen LogP) is 0.750. The van der Waals surface area contributed by atoms with E-state index in [0.717, 1.165) is 19.1 Å². The van der Waals surface area contributed by atoms with Gasteiger partial charge in [-0.1, -0.05) is 6.92 Å². The minimum Gasteiger partial charge on any atom is -0.329 e. The van der Waals surface area contributed by atoms with Crippen LogP contribution in [0, 0.1) is 0 Å². The Kier molecular flexibility index (Phi) is 4.85. The van der Waals surface area contributed by atoms with Gasteiger partial charge in [-0.15, -0.1) is 0 Å². The van der Waals surface area contributed by atoms with Crippen molar-refractivity contribution in [3.05, 3.63) is 0 Å². The van der Waals surface area contributed by atoms with Crippen molar-refractivity contribution in [3.63, 3.8) is 0 Å². The number of hydrogen-bond donors (Lipinski definition) is 1. The molecule has 1 saturated heterocycles. The van der Waals surface area contributed by atoms with Crippen molar-refractivity contribution in [2.45, 2.75) is 39.3 Å². The molecule has 1 aliphatic heterocycles. The van der Waals surface area contributed by atoms with Crippen LogP contribution in [0.4, 0.5) is 0 Å². The van der Waals surface area contributed by atoms with Crippen molar-refractivity contribution in [3.8, 4) is 0 Å². The van der Waals surface area contributed by atoms with Crippen LogP contribution < -0.4 is 5.73 Å². The van der Waals surface area contributed by atoms with Crippen LogP contribution in [0.15, 0.2) is 0 Å². The lowest BCUT2D eigenvalue weighted by Gasteiger charge is -2.42. The van der Waals surface area contributed by atoms with Gasteiger partial charge in [0.1, 0.15) is 0 Å². The zero-order chi connectivity index (χ0) is 10.6. The molecule has 1 fully saturated rings. The SMILES string of the molecule is CCC(C)N1CCN(CCN)C(C)C1. The summed E-state index contributed by atoms with van der Waals surface area (Å²) in [6, 6.07) is 1.40. The second kappa shape index (κ2) is 5.69. The first-order valence-electron chi connectivity index (χ1n) is 5.87. The van der Waals surface area contributed by atoms with Crippen LogP contribution in [0.2, 0.25) is 0 Å². The number of rotatable bonds is 4. The van der Waals surface area contributed by atoms with Crippen LogP contribution in [0.1, 0.15) is 27.2 Å². The van der Waals surface area contributed by atoms with Gasteiger partial charge in [0.05, 0.1) is 0 Å². The molecule has 1 rings (SSSR count). The Morgan fingerprint density at radius 2 is 2.14 bits per heavy atom. The van der Waals surface area contributed by atoms with E-state index in [1.807, 2.05) is 0 Å². The Hall–Kier alpha value is -0.120. The normalized spacial score (nSPS) is 27.9. The fourth-order valence-electron chi connectivity index (χ4n) is 2.18. The summed E-state index contributed by atoms with van der Waals surface area (Å²) in [6.07, 6.45) is 1.25. The van der Waals surface area contributed by atoms with Gasteiger partial charge < -0.3 is 5.73 Å². The van der Waals surface area contributed by atoms with E-state index in [4.69, 9.17) is 5.73 Å². The second-order valence-corrected chi connectivity index (χ2v) is 4.43. The Morgan fingerprint density at radius 1 is 1.43 bits per heavy atom. The molecule has 2 atom stereocenters. The minimum absolute atomic E-state index is 0.668. The van der Waals surface area contributed by atoms with Crippen molar-refractivity contribution >= 4 is 0 Å². The third kappa shape index (κ3) is 2.94. The summed E-state index contributed by atoms with van der Waals surface area (Å²) in [5.41, 5.74) is 5.59. The predicted molar refractivity (Wildman–Crippen MR) is 61.4 cm³/mol. The lowest BCUT2D eigenvalue weighted by atomic mass is 10.1. The van der Waals surface area contributed by atoms with E-state index < -0.39 is 0 Å². The van der Waals surface area contributed by atoms with E-state index in [1.165, 1.54) is 26.1 Å². The number of hydrogen-bond acceptors (Lipinski definition) is 3. The molecule has 0 aromatic carbocycles. The highest BCUT2D eigenvalue weighted by atomic mass is 15.3. The maximum Gasteiger partial charge on any atom is 0.0196 e. The molecule has 3 nitrogen and oxygen atoms in total. The fourth-order valence-corrected chi connectivity index (χ4v) is 2.18. The number of nitrogens with two attached hydrogens (primary N) is 1. The molecule has 1 aliphatic rings. The van der Waals surface area contributed by atoms with Crippen molar-refractivity contribution in [1.82, 2.24) is 9.80 Å². The third-order valence-corrected chi connectivity index (χ3v) is 3.43. The second-order valence-electron chi connectivity index (χ2n) is 4.43. The molecule has 1 heterocycles. The van der Waals surface area contributed by atoms with E-state index in [2.05, 4.69) is 30.6 Å².